The zero-order chi connectivity index (χ0) is 25.7. The standard InChI is InChI=1S/C22H26F7N3O3/c1-11-10-35-5-4-32(11)16-6-13(23)3-2-12(16)7-31-8-14-15(9-31)18(20(33)34)30-17(14)19(21(24,25)26)22(27,28)29/h2-3,6,11,14-15,17-19,30H,4-5,7-10H2,1H3,(H,33,34). The molecular formula is C22H26F7N3O3. The lowest BCUT2D eigenvalue weighted by Gasteiger charge is -2.37. The molecule has 3 fully saturated rings. The Kier molecular flexibility index (Phi) is 6.97. The Morgan fingerprint density at radius 2 is 1.83 bits per heavy atom. The van der Waals surface area contributed by atoms with Crippen LogP contribution in [0.1, 0.15) is 12.5 Å². The molecule has 3 heterocycles. The van der Waals surface area contributed by atoms with Crippen molar-refractivity contribution in [2.24, 2.45) is 17.8 Å². The summed E-state index contributed by atoms with van der Waals surface area (Å²) in [6.45, 7) is 3.23. The van der Waals surface area contributed by atoms with Gasteiger partial charge in [-0.2, -0.15) is 26.3 Å². The van der Waals surface area contributed by atoms with Gasteiger partial charge in [-0.3, -0.25) is 9.69 Å². The number of carbonyl (C=O) groups is 1. The van der Waals surface area contributed by atoms with Crippen molar-refractivity contribution in [3.8, 4) is 0 Å². The number of benzene rings is 1. The molecule has 3 aliphatic rings. The van der Waals surface area contributed by atoms with Crippen molar-refractivity contribution in [3.05, 3.63) is 29.6 Å². The Morgan fingerprint density at radius 3 is 2.43 bits per heavy atom. The number of ether oxygens (including phenoxy) is 1. The molecule has 1 aromatic carbocycles. The summed E-state index contributed by atoms with van der Waals surface area (Å²) in [5.74, 6) is -7.75. The first-order chi connectivity index (χ1) is 16.3. The summed E-state index contributed by atoms with van der Waals surface area (Å²) >= 11 is 0. The van der Waals surface area contributed by atoms with Crippen molar-refractivity contribution in [1.29, 1.82) is 0 Å². The highest BCUT2D eigenvalue weighted by molar-refractivity contribution is 5.74. The predicted molar refractivity (Wildman–Crippen MR) is 110 cm³/mol. The van der Waals surface area contributed by atoms with Crippen LogP contribution >= 0.6 is 0 Å². The largest absolute Gasteiger partial charge is 0.480 e. The normalized spacial score (nSPS) is 30.2. The quantitative estimate of drug-likeness (QED) is 0.590. The van der Waals surface area contributed by atoms with Crippen molar-refractivity contribution in [2.45, 2.75) is 43.9 Å². The molecule has 3 saturated heterocycles. The van der Waals surface area contributed by atoms with E-state index in [2.05, 4.69) is 5.32 Å². The van der Waals surface area contributed by atoms with Crippen LogP contribution in [0.2, 0.25) is 0 Å². The Labute approximate surface area is 197 Å². The summed E-state index contributed by atoms with van der Waals surface area (Å²) in [4.78, 5) is 15.3. The minimum Gasteiger partial charge on any atom is -0.480 e. The molecule has 5 atom stereocenters. The van der Waals surface area contributed by atoms with E-state index in [4.69, 9.17) is 4.74 Å². The number of aliphatic carboxylic acids is 1. The van der Waals surface area contributed by atoms with Crippen molar-refractivity contribution < 1.29 is 45.4 Å². The number of likely N-dealkylation sites (tertiary alicyclic amines) is 1. The van der Waals surface area contributed by atoms with Crippen LogP contribution in [0.25, 0.3) is 0 Å². The Hall–Kier alpha value is -2.12. The lowest BCUT2D eigenvalue weighted by atomic mass is 9.84. The maximum atomic E-state index is 14.1. The monoisotopic (exact) mass is 513 g/mol. The van der Waals surface area contributed by atoms with E-state index in [0.29, 0.717) is 31.0 Å². The number of alkyl halides is 6. The molecule has 6 nitrogen and oxygen atoms in total. The summed E-state index contributed by atoms with van der Waals surface area (Å²) in [6, 6.07) is 0.425. The van der Waals surface area contributed by atoms with Gasteiger partial charge < -0.3 is 20.1 Å². The van der Waals surface area contributed by atoms with Crippen LogP contribution in [-0.4, -0.2) is 79.3 Å². The number of fused-ring (bicyclic) bond motifs is 1. The maximum absolute atomic E-state index is 14.1. The summed E-state index contributed by atoms with van der Waals surface area (Å²) in [7, 11) is 0. The van der Waals surface area contributed by atoms with Gasteiger partial charge in [-0.05, 0) is 30.5 Å². The number of hydrogen-bond donors (Lipinski definition) is 2. The van der Waals surface area contributed by atoms with Gasteiger partial charge in [0.05, 0.1) is 13.2 Å². The van der Waals surface area contributed by atoms with E-state index in [9.17, 15) is 40.6 Å². The molecule has 1 aromatic rings. The summed E-state index contributed by atoms with van der Waals surface area (Å²) in [5, 5.41) is 11.6. The van der Waals surface area contributed by atoms with Crippen LogP contribution in [0.15, 0.2) is 18.2 Å². The van der Waals surface area contributed by atoms with Gasteiger partial charge in [0.25, 0.3) is 0 Å². The van der Waals surface area contributed by atoms with Crippen molar-refractivity contribution >= 4 is 11.7 Å². The first kappa shape index (κ1) is 26.0. The Balaban J connectivity index is 1.60. The summed E-state index contributed by atoms with van der Waals surface area (Å²) in [5.41, 5.74) is 1.23. The average molecular weight is 513 g/mol. The third-order valence-electron chi connectivity index (χ3n) is 7.20. The third-order valence-corrected chi connectivity index (χ3v) is 7.20. The van der Waals surface area contributed by atoms with Crippen LogP contribution in [-0.2, 0) is 16.1 Å². The second-order valence-corrected chi connectivity index (χ2v) is 9.48. The molecule has 35 heavy (non-hydrogen) atoms. The van der Waals surface area contributed by atoms with Gasteiger partial charge in [-0.25, -0.2) is 4.39 Å². The van der Waals surface area contributed by atoms with Crippen molar-refractivity contribution in [1.82, 2.24) is 10.2 Å². The molecule has 5 unspecified atom stereocenters. The molecule has 3 aliphatic heterocycles. The van der Waals surface area contributed by atoms with Crippen LogP contribution in [0.4, 0.5) is 36.4 Å². The van der Waals surface area contributed by atoms with Crippen LogP contribution in [0.3, 0.4) is 0 Å². The van der Waals surface area contributed by atoms with E-state index < -0.39 is 54.0 Å². The molecule has 0 saturated carbocycles. The topological polar surface area (TPSA) is 65.0 Å². The third kappa shape index (κ3) is 5.21. The Bertz CT molecular complexity index is 928. The van der Waals surface area contributed by atoms with E-state index in [-0.39, 0.29) is 25.7 Å². The molecule has 0 aromatic heterocycles. The Morgan fingerprint density at radius 1 is 1.17 bits per heavy atom. The predicted octanol–water partition coefficient (Wildman–Crippen LogP) is 3.26. The number of morpholine rings is 1. The molecule has 2 N–H and O–H groups in total. The molecule has 196 valence electrons. The van der Waals surface area contributed by atoms with Gasteiger partial charge in [0.2, 0.25) is 0 Å². The molecule has 0 aliphatic carbocycles. The first-order valence-corrected chi connectivity index (χ1v) is 11.2. The number of carboxylic acids is 1. The van der Waals surface area contributed by atoms with Crippen molar-refractivity contribution in [3.63, 3.8) is 0 Å². The molecule has 13 heteroatoms. The first-order valence-electron chi connectivity index (χ1n) is 11.2. The maximum Gasteiger partial charge on any atom is 0.402 e. The van der Waals surface area contributed by atoms with E-state index in [1.807, 2.05) is 11.8 Å². The number of nitrogens with one attached hydrogen (secondary N) is 1. The van der Waals surface area contributed by atoms with E-state index in [0.717, 1.165) is 0 Å². The molecule has 0 bridgehead atoms. The van der Waals surface area contributed by atoms with Gasteiger partial charge in [0, 0.05) is 49.9 Å². The second-order valence-electron chi connectivity index (χ2n) is 9.48. The average Bonchev–Trinajstić information content (AvgIpc) is 3.27. The smallest absolute Gasteiger partial charge is 0.402 e. The minimum atomic E-state index is -5.59. The van der Waals surface area contributed by atoms with E-state index in [1.165, 1.54) is 12.1 Å². The minimum absolute atomic E-state index is 0.00302. The second kappa shape index (κ2) is 9.40. The number of anilines is 1. The fourth-order valence-corrected chi connectivity index (χ4v) is 5.71. The number of halogens is 7. The van der Waals surface area contributed by atoms with Gasteiger partial charge in [0.1, 0.15) is 11.9 Å². The lowest BCUT2D eigenvalue weighted by molar-refractivity contribution is -0.293. The number of nitrogens with zero attached hydrogens (tertiary/aromatic N) is 2. The highest BCUT2D eigenvalue weighted by Gasteiger charge is 2.66. The van der Waals surface area contributed by atoms with Gasteiger partial charge in [0.15, 0.2) is 5.92 Å². The van der Waals surface area contributed by atoms with Crippen LogP contribution in [0.5, 0.6) is 0 Å². The summed E-state index contributed by atoms with van der Waals surface area (Å²) < 4.78 is 100. The molecule has 0 spiro atoms. The molecule has 0 amide bonds. The highest BCUT2D eigenvalue weighted by atomic mass is 19.4. The van der Waals surface area contributed by atoms with Crippen LogP contribution in [0, 0.1) is 23.6 Å². The highest BCUT2D eigenvalue weighted by Crippen LogP contribution is 2.48. The zero-order valence-corrected chi connectivity index (χ0v) is 18.7. The lowest BCUT2D eigenvalue weighted by Crippen LogP contribution is -2.53. The van der Waals surface area contributed by atoms with Gasteiger partial charge >= 0.3 is 18.3 Å². The SMILES string of the molecule is CC1COCCN1c1cc(F)ccc1CN1CC2C(C(=O)O)NC(C(C(F)(F)F)C(F)(F)F)C2C1. The fraction of sp³-hybridized carbons (Fsp3) is 0.682. The number of hydrogen-bond acceptors (Lipinski definition) is 5. The number of rotatable bonds is 5. The fourth-order valence-electron chi connectivity index (χ4n) is 5.71. The number of carboxylic acid groups (broad SMARTS) is 1. The van der Waals surface area contributed by atoms with Gasteiger partial charge in [-0.1, -0.05) is 6.07 Å². The zero-order valence-electron chi connectivity index (χ0n) is 18.7. The summed E-state index contributed by atoms with van der Waals surface area (Å²) in [6.07, 6.45) is -11.2. The molecule has 4 rings (SSSR count). The van der Waals surface area contributed by atoms with E-state index >= 15 is 0 Å². The van der Waals surface area contributed by atoms with E-state index in [1.54, 1.807) is 11.0 Å². The van der Waals surface area contributed by atoms with Crippen LogP contribution < -0.4 is 10.2 Å². The molecule has 0 radical (unpaired) electrons. The van der Waals surface area contributed by atoms with Gasteiger partial charge in [-0.15, -0.1) is 0 Å². The molecular weight excluding hydrogens is 487 g/mol. The van der Waals surface area contributed by atoms with Crippen molar-refractivity contribution in [2.75, 3.05) is 37.7 Å².